The van der Waals surface area contributed by atoms with Crippen molar-refractivity contribution in [2.75, 3.05) is 19.7 Å². The molecule has 1 aliphatic heterocycles. The van der Waals surface area contributed by atoms with Gasteiger partial charge in [0.1, 0.15) is 0 Å². The number of carbonyl (C=O) groups excluding carboxylic acids is 2. The first kappa shape index (κ1) is 19.1. The molecule has 0 saturated carbocycles. The predicted octanol–water partition coefficient (Wildman–Crippen LogP) is 2.67. The van der Waals surface area contributed by atoms with Gasteiger partial charge in [0.15, 0.2) is 5.65 Å². The number of piperidine rings is 1. The van der Waals surface area contributed by atoms with Crippen LogP contribution >= 0.6 is 0 Å². The largest absolute Gasteiger partial charge is 0.450 e. The zero-order valence-electron chi connectivity index (χ0n) is 16.4. The Kier molecular flexibility index (Phi) is 5.62. The average molecular weight is 373 g/mol. The van der Waals surface area contributed by atoms with Crippen LogP contribution in [0.4, 0.5) is 4.79 Å². The van der Waals surface area contributed by atoms with Crippen molar-refractivity contribution in [1.29, 1.82) is 0 Å². The molecule has 1 fully saturated rings. The molecule has 1 aliphatic rings. The number of amides is 2. The average Bonchev–Trinajstić information content (AvgIpc) is 3.04. The smallest absolute Gasteiger partial charge is 0.409 e. The van der Waals surface area contributed by atoms with Crippen LogP contribution in [0.5, 0.6) is 0 Å². The van der Waals surface area contributed by atoms with Crippen LogP contribution in [0.25, 0.3) is 11.0 Å². The molecule has 0 aromatic carbocycles. The van der Waals surface area contributed by atoms with Crippen molar-refractivity contribution < 1.29 is 14.3 Å². The van der Waals surface area contributed by atoms with E-state index in [-0.39, 0.29) is 24.1 Å². The lowest BCUT2D eigenvalue weighted by molar-refractivity contribution is 0.0859. The van der Waals surface area contributed by atoms with Crippen LogP contribution < -0.4 is 5.32 Å². The third-order valence-electron chi connectivity index (χ3n) is 4.85. The number of fused-ring (bicyclic) bond motifs is 1. The molecule has 2 aromatic rings. The van der Waals surface area contributed by atoms with Crippen LogP contribution in [-0.4, -0.2) is 57.4 Å². The molecular weight excluding hydrogens is 346 g/mol. The first-order valence-electron chi connectivity index (χ1n) is 9.48. The Balaban J connectivity index is 1.67. The van der Waals surface area contributed by atoms with Crippen LogP contribution in [0, 0.1) is 6.92 Å². The maximum atomic E-state index is 12.8. The summed E-state index contributed by atoms with van der Waals surface area (Å²) >= 11 is 0. The first-order chi connectivity index (χ1) is 12.9. The highest BCUT2D eigenvalue weighted by atomic mass is 16.6. The second-order valence-corrected chi connectivity index (χ2v) is 7.15. The number of pyridine rings is 1. The van der Waals surface area contributed by atoms with Gasteiger partial charge in [0.25, 0.3) is 5.91 Å². The second-order valence-electron chi connectivity index (χ2n) is 7.15. The van der Waals surface area contributed by atoms with Crippen LogP contribution in [0.3, 0.4) is 0 Å². The van der Waals surface area contributed by atoms with Crippen molar-refractivity contribution in [2.45, 2.75) is 52.6 Å². The summed E-state index contributed by atoms with van der Waals surface area (Å²) in [5, 5.41) is 8.30. The van der Waals surface area contributed by atoms with Gasteiger partial charge < -0.3 is 15.0 Å². The van der Waals surface area contributed by atoms with Gasteiger partial charge in [-0.3, -0.25) is 4.79 Å². The van der Waals surface area contributed by atoms with Gasteiger partial charge in [0, 0.05) is 30.6 Å². The Morgan fingerprint density at radius 2 is 2.04 bits per heavy atom. The van der Waals surface area contributed by atoms with Crippen molar-refractivity contribution in [3.8, 4) is 0 Å². The van der Waals surface area contributed by atoms with Crippen molar-refractivity contribution in [2.24, 2.45) is 0 Å². The molecule has 27 heavy (non-hydrogen) atoms. The van der Waals surface area contributed by atoms with Crippen LogP contribution in [0.2, 0.25) is 0 Å². The van der Waals surface area contributed by atoms with E-state index in [9.17, 15) is 9.59 Å². The number of aromatic nitrogens is 3. The number of nitrogens with one attached hydrogen (secondary N) is 1. The molecule has 1 saturated heterocycles. The molecule has 0 atom stereocenters. The monoisotopic (exact) mass is 373 g/mol. The van der Waals surface area contributed by atoms with Crippen LogP contribution in [0.1, 0.15) is 55.7 Å². The highest BCUT2D eigenvalue weighted by Crippen LogP contribution is 2.20. The van der Waals surface area contributed by atoms with Crippen molar-refractivity contribution in [3.05, 3.63) is 23.5 Å². The molecular formula is C19H27N5O3. The Morgan fingerprint density at radius 1 is 1.33 bits per heavy atom. The summed E-state index contributed by atoms with van der Waals surface area (Å²) in [5.74, 6) is -0.131. The predicted molar refractivity (Wildman–Crippen MR) is 102 cm³/mol. The summed E-state index contributed by atoms with van der Waals surface area (Å²) in [5.41, 5.74) is 2.05. The summed E-state index contributed by atoms with van der Waals surface area (Å²) in [6.45, 7) is 9.28. The van der Waals surface area contributed by atoms with Gasteiger partial charge in [-0.25, -0.2) is 14.5 Å². The zero-order chi connectivity index (χ0) is 19.6. The number of hydrogen-bond acceptors (Lipinski definition) is 5. The summed E-state index contributed by atoms with van der Waals surface area (Å²) in [4.78, 5) is 30.8. The van der Waals surface area contributed by atoms with Gasteiger partial charge in [-0.15, -0.1) is 0 Å². The molecule has 0 radical (unpaired) electrons. The van der Waals surface area contributed by atoms with E-state index in [1.165, 1.54) is 0 Å². The fourth-order valence-electron chi connectivity index (χ4n) is 3.36. The highest BCUT2D eigenvalue weighted by molar-refractivity contribution is 5.98. The quantitative estimate of drug-likeness (QED) is 0.890. The maximum absolute atomic E-state index is 12.8. The molecule has 0 unspecified atom stereocenters. The number of hydrogen-bond donors (Lipinski definition) is 1. The summed E-state index contributed by atoms with van der Waals surface area (Å²) in [6.07, 6.45) is 2.89. The minimum atomic E-state index is -0.282. The first-order valence-corrected chi connectivity index (χ1v) is 9.48. The van der Waals surface area contributed by atoms with Crippen molar-refractivity contribution in [1.82, 2.24) is 25.0 Å². The van der Waals surface area contributed by atoms with Crippen molar-refractivity contribution >= 4 is 23.0 Å². The third kappa shape index (κ3) is 4.04. The Morgan fingerprint density at radius 3 is 2.67 bits per heavy atom. The number of aryl methyl sites for hydroxylation is 1. The minimum absolute atomic E-state index is 0.0386. The molecule has 2 aromatic heterocycles. The van der Waals surface area contributed by atoms with Gasteiger partial charge in [-0.05, 0) is 46.6 Å². The Bertz CT molecular complexity index is 837. The van der Waals surface area contributed by atoms with E-state index in [4.69, 9.17) is 4.74 Å². The van der Waals surface area contributed by atoms with E-state index < -0.39 is 0 Å². The van der Waals surface area contributed by atoms with E-state index in [1.54, 1.807) is 18.0 Å². The van der Waals surface area contributed by atoms with Gasteiger partial charge in [-0.2, -0.15) is 5.10 Å². The lowest BCUT2D eigenvalue weighted by Gasteiger charge is -2.31. The van der Waals surface area contributed by atoms with Gasteiger partial charge in [0.2, 0.25) is 0 Å². The fraction of sp³-hybridized carbons (Fsp3) is 0.579. The molecule has 8 nitrogen and oxygen atoms in total. The molecule has 3 heterocycles. The fourth-order valence-corrected chi connectivity index (χ4v) is 3.36. The molecule has 0 bridgehead atoms. The van der Waals surface area contributed by atoms with E-state index in [1.807, 2.05) is 31.5 Å². The summed E-state index contributed by atoms with van der Waals surface area (Å²) in [7, 11) is 0. The van der Waals surface area contributed by atoms with Gasteiger partial charge >= 0.3 is 6.09 Å². The Labute approximate surface area is 158 Å². The molecule has 146 valence electrons. The SMILES string of the molecule is CCOC(=O)N1CCC(NC(=O)c2cc3cnn(C(C)C)c3nc2C)CC1. The van der Waals surface area contributed by atoms with Gasteiger partial charge in [-0.1, -0.05) is 0 Å². The highest BCUT2D eigenvalue weighted by Gasteiger charge is 2.25. The number of ether oxygens (including phenoxy) is 1. The van der Waals surface area contributed by atoms with Crippen LogP contribution in [0.15, 0.2) is 12.3 Å². The summed E-state index contributed by atoms with van der Waals surface area (Å²) < 4.78 is 6.88. The molecule has 0 aliphatic carbocycles. The second kappa shape index (κ2) is 7.94. The van der Waals surface area contributed by atoms with Crippen LogP contribution in [-0.2, 0) is 4.74 Å². The van der Waals surface area contributed by atoms with E-state index in [0.717, 1.165) is 11.0 Å². The molecule has 3 rings (SSSR count). The van der Waals surface area contributed by atoms with E-state index >= 15 is 0 Å². The lowest BCUT2D eigenvalue weighted by Crippen LogP contribution is -2.46. The van der Waals surface area contributed by atoms with E-state index in [0.29, 0.717) is 43.8 Å². The number of nitrogens with zero attached hydrogens (tertiary/aromatic N) is 4. The third-order valence-corrected chi connectivity index (χ3v) is 4.85. The number of likely N-dealkylation sites (tertiary alicyclic amines) is 1. The molecule has 0 spiro atoms. The number of rotatable bonds is 4. The zero-order valence-corrected chi connectivity index (χ0v) is 16.4. The molecule has 2 amide bonds. The Hall–Kier alpha value is -2.64. The maximum Gasteiger partial charge on any atom is 0.409 e. The van der Waals surface area contributed by atoms with Crippen molar-refractivity contribution in [3.63, 3.8) is 0 Å². The summed E-state index contributed by atoms with van der Waals surface area (Å²) in [6, 6.07) is 2.10. The van der Waals surface area contributed by atoms with Gasteiger partial charge in [0.05, 0.1) is 24.1 Å². The number of carbonyl (C=O) groups is 2. The topological polar surface area (TPSA) is 89.4 Å². The minimum Gasteiger partial charge on any atom is -0.450 e. The lowest BCUT2D eigenvalue weighted by atomic mass is 10.0. The molecule has 8 heteroatoms. The van der Waals surface area contributed by atoms with E-state index in [2.05, 4.69) is 15.4 Å². The standard InChI is InChI=1S/C19H27N5O3/c1-5-27-19(26)23-8-6-15(7-9-23)22-18(25)16-10-14-11-20-24(12(2)3)17(14)21-13(16)4/h10-12,15H,5-9H2,1-4H3,(H,22,25). The normalized spacial score (nSPS) is 15.4. The molecule has 1 N–H and O–H groups in total.